The van der Waals surface area contributed by atoms with Crippen molar-refractivity contribution < 1.29 is 13.5 Å². The van der Waals surface area contributed by atoms with Gasteiger partial charge >= 0.3 is 0 Å². The lowest BCUT2D eigenvalue weighted by Gasteiger charge is -2.12. The lowest BCUT2D eigenvalue weighted by atomic mass is 10.1. The molecule has 5 nitrogen and oxygen atoms in total. The Hall–Kier alpha value is -1.11. The maximum Gasteiger partial charge on any atom is 0.299 e. The summed E-state index contributed by atoms with van der Waals surface area (Å²) in [5.41, 5.74) is 1.52. The Labute approximate surface area is 108 Å². The van der Waals surface area contributed by atoms with Crippen LogP contribution in [0.2, 0.25) is 0 Å². The molecule has 0 heterocycles. The van der Waals surface area contributed by atoms with Gasteiger partial charge in [-0.3, -0.25) is 4.72 Å². The van der Waals surface area contributed by atoms with E-state index in [-0.39, 0.29) is 12.6 Å². The number of aliphatic hydroxyl groups is 1. The zero-order valence-electron chi connectivity index (χ0n) is 10.7. The van der Waals surface area contributed by atoms with Gasteiger partial charge in [-0.1, -0.05) is 12.1 Å². The molecule has 0 saturated carbocycles. The molecule has 6 heteroatoms. The predicted molar refractivity (Wildman–Crippen MR) is 72.7 cm³/mol. The van der Waals surface area contributed by atoms with Crippen LogP contribution in [0.1, 0.15) is 25.8 Å². The summed E-state index contributed by atoms with van der Waals surface area (Å²) in [6.45, 7) is 3.65. The molecule has 102 valence electrons. The minimum Gasteiger partial charge on any atom is -0.396 e. The minimum atomic E-state index is -3.52. The summed E-state index contributed by atoms with van der Waals surface area (Å²) in [4.78, 5) is 0. The largest absolute Gasteiger partial charge is 0.396 e. The van der Waals surface area contributed by atoms with Crippen LogP contribution in [0.3, 0.4) is 0 Å². The first-order valence-electron chi connectivity index (χ1n) is 5.93. The molecule has 1 aromatic rings. The maximum absolute atomic E-state index is 11.7. The van der Waals surface area contributed by atoms with Crippen molar-refractivity contribution in [1.29, 1.82) is 0 Å². The Morgan fingerprint density at radius 2 is 2.06 bits per heavy atom. The first-order chi connectivity index (χ1) is 8.43. The molecule has 3 N–H and O–H groups in total. The number of hydrogen-bond acceptors (Lipinski definition) is 3. The van der Waals surface area contributed by atoms with Gasteiger partial charge in [-0.2, -0.15) is 13.1 Å². The lowest BCUT2D eigenvalue weighted by molar-refractivity contribution is 0.288. The van der Waals surface area contributed by atoms with Crippen LogP contribution in [-0.2, 0) is 16.6 Å². The molecule has 0 aliphatic rings. The van der Waals surface area contributed by atoms with E-state index in [2.05, 4.69) is 9.44 Å². The van der Waals surface area contributed by atoms with Crippen LogP contribution in [0, 0.1) is 0 Å². The summed E-state index contributed by atoms with van der Waals surface area (Å²) >= 11 is 0. The molecule has 1 aromatic carbocycles. The fourth-order valence-electron chi connectivity index (χ4n) is 1.57. The molecule has 18 heavy (non-hydrogen) atoms. The molecule has 0 fully saturated rings. The summed E-state index contributed by atoms with van der Waals surface area (Å²) in [6.07, 6.45) is 1.39. The number of hydrogen-bond donors (Lipinski definition) is 3. The number of anilines is 1. The van der Waals surface area contributed by atoms with Crippen LogP contribution in [0.15, 0.2) is 24.3 Å². The number of aliphatic hydroxyl groups excluding tert-OH is 1. The molecular formula is C12H20N2O3S. The SMILES string of the molecule is CC(C)NS(=O)(=O)Nc1cccc(CCCO)c1. The Kier molecular flexibility index (Phi) is 5.58. The molecule has 0 aliphatic heterocycles. The number of rotatable bonds is 7. The van der Waals surface area contributed by atoms with E-state index in [4.69, 9.17) is 5.11 Å². The highest BCUT2D eigenvalue weighted by molar-refractivity contribution is 7.90. The van der Waals surface area contributed by atoms with Crippen LogP contribution >= 0.6 is 0 Å². The number of nitrogens with one attached hydrogen (secondary N) is 2. The smallest absolute Gasteiger partial charge is 0.299 e. The fourth-order valence-corrected chi connectivity index (χ4v) is 2.69. The molecule has 0 spiro atoms. The summed E-state index contributed by atoms with van der Waals surface area (Å²) < 4.78 is 28.3. The monoisotopic (exact) mass is 272 g/mol. The minimum absolute atomic E-state index is 0.130. The number of benzene rings is 1. The van der Waals surface area contributed by atoms with E-state index in [9.17, 15) is 8.42 Å². The third kappa shape index (κ3) is 5.48. The Morgan fingerprint density at radius 1 is 1.33 bits per heavy atom. The molecule has 0 bridgehead atoms. The predicted octanol–water partition coefficient (Wildman–Crippen LogP) is 1.27. The molecule has 0 radical (unpaired) electrons. The third-order valence-electron chi connectivity index (χ3n) is 2.19. The second-order valence-corrected chi connectivity index (χ2v) is 5.85. The fraction of sp³-hybridized carbons (Fsp3) is 0.500. The Balaban J connectivity index is 2.72. The van der Waals surface area contributed by atoms with Gasteiger partial charge in [0.25, 0.3) is 10.2 Å². The molecule has 0 amide bonds. The van der Waals surface area contributed by atoms with Crippen LogP contribution < -0.4 is 9.44 Å². The van der Waals surface area contributed by atoms with Crippen LogP contribution in [0.4, 0.5) is 5.69 Å². The maximum atomic E-state index is 11.7. The van der Waals surface area contributed by atoms with E-state index in [1.54, 1.807) is 32.0 Å². The van der Waals surface area contributed by atoms with Gasteiger partial charge in [0.2, 0.25) is 0 Å². The summed E-state index contributed by atoms with van der Waals surface area (Å²) in [5.74, 6) is 0. The Morgan fingerprint density at radius 3 is 2.67 bits per heavy atom. The quantitative estimate of drug-likeness (QED) is 0.699. The first kappa shape index (κ1) is 14.9. The topological polar surface area (TPSA) is 78.4 Å². The zero-order valence-corrected chi connectivity index (χ0v) is 11.5. The molecule has 1 rings (SSSR count). The van der Waals surface area contributed by atoms with Crippen LogP contribution in [-0.4, -0.2) is 26.2 Å². The Bertz CT molecular complexity index is 472. The zero-order chi connectivity index (χ0) is 13.6. The van der Waals surface area contributed by atoms with E-state index in [0.29, 0.717) is 12.1 Å². The van der Waals surface area contributed by atoms with Gasteiger partial charge in [-0.25, -0.2) is 0 Å². The average Bonchev–Trinajstić information content (AvgIpc) is 2.24. The van der Waals surface area contributed by atoms with Crippen molar-refractivity contribution in [2.45, 2.75) is 32.7 Å². The number of aryl methyl sites for hydroxylation is 1. The van der Waals surface area contributed by atoms with Crippen molar-refractivity contribution in [3.05, 3.63) is 29.8 Å². The van der Waals surface area contributed by atoms with E-state index < -0.39 is 10.2 Å². The molecular weight excluding hydrogens is 252 g/mol. The van der Waals surface area contributed by atoms with Crippen molar-refractivity contribution in [3.8, 4) is 0 Å². The van der Waals surface area contributed by atoms with Crippen molar-refractivity contribution in [3.63, 3.8) is 0 Å². The lowest BCUT2D eigenvalue weighted by Crippen LogP contribution is -2.35. The standard InChI is InChI=1S/C12H20N2O3S/c1-10(2)13-18(16,17)14-12-7-3-5-11(9-12)6-4-8-15/h3,5,7,9-10,13-15H,4,6,8H2,1-2H3. The highest BCUT2D eigenvalue weighted by atomic mass is 32.2. The summed E-state index contributed by atoms with van der Waals surface area (Å²) in [7, 11) is -3.52. The second kappa shape index (κ2) is 6.72. The van der Waals surface area contributed by atoms with E-state index in [0.717, 1.165) is 12.0 Å². The van der Waals surface area contributed by atoms with E-state index in [1.165, 1.54) is 0 Å². The van der Waals surface area contributed by atoms with Crippen molar-refractivity contribution in [2.24, 2.45) is 0 Å². The van der Waals surface area contributed by atoms with Crippen LogP contribution in [0.25, 0.3) is 0 Å². The van der Waals surface area contributed by atoms with Gasteiger partial charge < -0.3 is 5.11 Å². The van der Waals surface area contributed by atoms with Gasteiger partial charge in [0.05, 0.1) is 5.69 Å². The van der Waals surface area contributed by atoms with Gasteiger partial charge in [-0.15, -0.1) is 0 Å². The van der Waals surface area contributed by atoms with E-state index >= 15 is 0 Å². The molecule has 0 aromatic heterocycles. The molecule has 0 saturated heterocycles. The normalized spacial score (nSPS) is 11.8. The molecule has 0 unspecified atom stereocenters. The second-order valence-electron chi connectivity index (χ2n) is 4.41. The van der Waals surface area contributed by atoms with Crippen molar-refractivity contribution in [1.82, 2.24) is 4.72 Å². The third-order valence-corrected chi connectivity index (χ3v) is 3.48. The molecule has 0 atom stereocenters. The molecule has 0 aliphatic carbocycles. The highest BCUT2D eigenvalue weighted by Crippen LogP contribution is 2.13. The summed E-state index contributed by atoms with van der Waals surface area (Å²) in [6, 6.07) is 7.01. The van der Waals surface area contributed by atoms with Gasteiger partial charge in [-0.05, 0) is 44.4 Å². The van der Waals surface area contributed by atoms with Crippen LogP contribution in [0.5, 0.6) is 0 Å². The average molecular weight is 272 g/mol. The summed E-state index contributed by atoms with van der Waals surface area (Å²) in [5, 5.41) is 8.76. The highest BCUT2D eigenvalue weighted by Gasteiger charge is 2.11. The first-order valence-corrected chi connectivity index (χ1v) is 7.41. The van der Waals surface area contributed by atoms with Crippen molar-refractivity contribution in [2.75, 3.05) is 11.3 Å². The van der Waals surface area contributed by atoms with Gasteiger partial charge in [0, 0.05) is 12.6 Å². The van der Waals surface area contributed by atoms with Gasteiger partial charge in [0.15, 0.2) is 0 Å². The van der Waals surface area contributed by atoms with E-state index in [1.807, 2.05) is 6.07 Å². The van der Waals surface area contributed by atoms with Crippen molar-refractivity contribution >= 4 is 15.9 Å². The van der Waals surface area contributed by atoms with Gasteiger partial charge in [0.1, 0.15) is 0 Å².